The fraction of sp³-hybridized carbons (Fsp3) is 0.312. The molecule has 0 bridgehead atoms. The molecule has 1 aliphatic rings. The average molecular weight is 363 g/mol. The number of rotatable bonds is 5. The van der Waals surface area contributed by atoms with Crippen LogP contribution in [0.3, 0.4) is 0 Å². The van der Waals surface area contributed by atoms with E-state index in [1.807, 2.05) is 0 Å². The van der Waals surface area contributed by atoms with Crippen molar-refractivity contribution in [3.05, 3.63) is 39.5 Å². The summed E-state index contributed by atoms with van der Waals surface area (Å²) < 4.78 is 20.1. The minimum absolute atomic E-state index is 0.174. The molecule has 0 radical (unpaired) electrons. The smallest absolute Gasteiger partial charge is 0.267 e. The van der Waals surface area contributed by atoms with Crippen LogP contribution in [-0.4, -0.2) is 23.2 Å². The summed E-state index contributed by atoms with van der Waals surface area (Å²) in [5, 5.41) is 12.8. The largest absolute Gasteiger partial charge is 0.380 e. The third-order valence-electron chi connectivity index (χ3n) is 3.85. The van der Waals surface area contributed by atoms with E-state index in [2.05, 4.69) is 15.5 Å². The van der Waals surface area contributed by atoms with Gasteiger partial charge in [-0.05, 0) is 25.0 Å². The van der Waals surface area contributed by atoms with Crippen molar-refractivity contribution in [3.63, 3.8) is 0 Å². The Morgan fingerprint density at radius 2 is 2.21 bits per heavy atom. The van der Waals surface area contributed by atoms with Crippen LogP contribution in [0, 0.1) is 5.82 Å². The van der Waals surface area contributed by atoms with Crippen LogP contribution in [0.25, 0.3) is 10.1 Å². The Balaban J connectivity index is 1.67. The van der Waals surface area contributed by atoms with Crippen LogP contribution in [0.2, 0.25) is 0 Å². The number of carbonyl (C=O) groups is 1. The molecule has 8 heteroatoms. The highest BCUT2D eigenvalue weighted by Crippen LogP contribution is 2.42. The van der Waals surface area contributed by atoms with Gasteiger partial charge in [0.25, 0.3) is 5.91 Å². The Kier molecular flexibility index (Phi) is 4.03. The highest BCUT2D eigenvalue weighted by molar-refractivity contribution is 7.21. The second kappa shape index (κ2) is 6.19. The molecule has 0 saturated heterocycles. The van der Waals surface area contributed by atoms with Crippen molar-refractivity contribution in [2.45, 2.75) is 25.4 Å². The molecule has 1 fully saturated rings. The van der Waals surface area contributed by atoms with Gasteiger partial charge in [-0.1, -0.05) is 17.4 Å². The maximum atomic E-state index is 14.2. The number of hydrogen-bond donors (Lipinski definition) is 1. The third-order valence-corrected chi connectivity index (χ3v) is 6.04. The number of ether oxygens (including phenoxy) is 1. The number of hydrogen-bond acceptors (Lipinski definition) is 6. The molecule has 1 aromatic carbocycles. The lowest BCUT2D eigenvalue weighted by Crippen LogP contribution is -2.12. The van der Waals surface area contributed by atoms with Crippen molar-refractivity contribution in [2.75, 3.05) is 12.4 Å². The number of nitrogens with one attached hydrogen (secondary N) is 1. The number of benzene rings is 1. The summed E-state index contributed by atoms with van der Waals surface area (Å²) in [7, 11) is 1.53. The average Bonchev–Trinajstić information content (AvgIpc) is 3.19. The van der Waals surface area contributed by atoms with Crippen LogP contribution in [0.1, 0.15) is 39.0 Å². The first-order valence-electron chi connectivity index (χ1n) is 7.51. The van der Waals surface area contributed by atoms with Crippen molar-refractivity contribution in [2.24, 2.45) is 0 Å². The first-order valence-corrected chi connectivity index (χ1v) is 9.14. The number of methoxy groups -OCH3 is 1. The molecule has 1 aliphatic carbocycles. The van der Waals surface area contributed by atoms with Gasteiger partial charge in [0.05, 0.1) is 11.5 Å². The number of thiophene rings is 1. The molecule has 2 heterocycles. The molecule has 4 rings (SSSR count). The van der Waals surface area contributed by atoms with Crippen molar-refractivity contribution in [1.29, 1.82) is 0 Å². The van der Waals surface area contributed by atoms with Crippen molar-refractivity contribution < 1.29 is 13.9 Å². The lowest BCUT2D eigenvalue weighted by atomic mass is 10.1. The Labute approximate surface area is 145 Å². The van der Waals surface area contributed by atoms with E-state index in [-0.39, 0.29) is 18.3 Å². The van der Waals surface area contributed by atoms with Crippen LogP contribution in [0.4, 0.5) is 9.52 Å². The van der Waals surface area contributed by atoms with Crippen LogP contribution in [-0.2, 0) is 11.3 Å². The molecule has 2 aromatic heterocycles. The molecular weight excluding hydrogens is 349 g/mol. The Hall–Kier alpha value is -1.90. The van der Waals surface area contributed by atoms with Gasteiger partial charge in [0, 0.05) is 28.7 Å². The van der Waals surface area contributed by atoms with E-state index in [1.165, 1.54) is 35.8 Å². The lowest BCUT2D eigenvalue weighted by Gasteiger charge is -2.03. The van der Waals surface area contributed by atoms with Gasteiger partial charge in [0.1, 0.15) is 10.8 Å². The number of nitrogens with zero attached hydrogens (tertiary/aromatic N) is 2. The summed E-state index contributed by atoms with van der Waals surface area (Å²) >= 11 is 2.66. The van der Waals surface area contributed by atoms with Crippen molar-refractivity contribution >= 4 is 43.8 Å². The van der Waals surface area contributed by atoms with Crippen LogP contribution in [0.5, 0.6) is 0 Å². The first-order chi connectivity index (χ1) is 11.7. The second-order valence-corrected chi connectivity index (χ2v) is 7.69. The Morgan fingerprint density at radius 3 is 2.96 bits per heavy atom. The van der Waals surface area contributed by atoms with Gasteiger partial charge in [-0.3, -0.25) is 10.1 Å². The fourth-order valence-corrected chi connectivity index (χ4v) is 4.59. The Morgan fingerprint density at radius 1 is 1.38 bits per heavy atom. The summed E-state index contributed by atoms with van der Waals surface area (Å²) in [6.07, 6.45) is 2.27. The summed E-state index contributed by atoms with van der Waals surface area (Å²) in [5.74, 6) is -0.154. The molecule has 0 aliphatic heterocycles. The zero-order chi connectivity index (χ0) is 16.7. The van der Waals surface area contributed by atoms with Gasteiger partial charge in [0.2, 0.25) is 5.13 Å². The third kappa shape index (κ3) is 2.81. The van der Waals surface area contributed by atoms with Crippen molar-refractivity contribution in [3.8, 4) is 0 Å². The minimum atomic E-state index is -0.346. The van der Waals surface area contributed by atoms with E-state index in [4.69, 9.17) is 4.74 Å². The highest BCUT2D eigenvalue weighted by Gasteiger charge is 2.28. The molecule has 3 aromatic rings. The predicted octanol–water partition coefficient (Wildman–Crippen LogP) is 4.17. The number of carbonyl (C=O) groups excluding carboxylic acids is 1. The molecule has 0 atom stereocenters. The van der Waals surface area contributed by atoms with E-state index in [9.17, 15) is 9.18 Å². The number of halogens is 1. The second-order valence-electron chi connectivity index (χ2n) is 5.63. The fourth-order valence-electron chi connectivity index (χ4n) is 2.57. The van der Waals surface area contributed by atoms with E-state index >= 15 is 0 Å². The molecule has 1 saturated carbocycles. The number of aromatic nitrogens is 2. The van der Waals surface area contributed by atoms with E-state index in [1.54, 1.807) is 12.1 Å². The molecule has 24 heavy (non-hydrogen) atoms. The van der Waals surface area contributed by atoms with Gasteiger partial charge < -0.3 is 4.74 Å². The summed E-state index contributed by atoms with van der Waals surface area (Å²) in [6.45, 7) is 0.174. The van der Waals surface area contributed by atoms with E-state index in [0.29, 0.717) is 26.9 Å². The van der Waals surface area contributed by atoms with Crippen LogP contribution >= 0.6 is 22.7 Å². The Bertz CT molecular complexity index is 917. The monoisotopic (exact) mass is 363 g/mol. The molecule has 0 unspecified atom stereocenters. The minimum Gasteiger partial charge on any atom is -0.380 e. The summed E-state index contributed by atoms with van der Waals surface area (Å²) in [5.41, 5.74) is 0.569. The molecular formula is C16H14FN3O2S2. The summed E-state index contributed by atoms with van der Waals surface area (Å²) in [6, 6.07) is 4.83. The zero-order valence-electron chi connectivity index (χ0n) is 12.8. The number of amides is 1. The SMILES string of the molecule is COCc1c(C(=O)Nc2nnc(C3CC3)s2)sc2cccc(F)c12. The van der Waals surface area contributed by atoms with Crippen LogP contribution < -0.4 is 5.32 Å². The molecule has 5 nitrogen and oxygen atoms in total. The first kappa shape index (κ1) is 15.6. The quantitative estimate of drug-likeness (QED) is 0.739. The highest BCUT2D eigenvalue weighted by atomic mass is 32.1. The topological polar surface area (TPSA) is 64.1 Å². The van der Waals surface area contributed by atoms with E-state index in [0.717, 1.165) is 22.5 Å². The van der Waals surface area contributed by atoms with Gasteiger partial charge in [-0.2, -0.15) is 0 Å². The number of anilines is 1. The van der Waals surface area contributed by atoms with Gasteiger partial charge >= 0.3 is 0 Å². The predicted molar refractivity (Wildman–Crippen MR) is 92.3 cm³/mol. The normalized spacial score (nSPS) is 14.2. The zero-order valence-corrected chi connectivity index (χ0v) is 14.5. The van der Waals surface area contributed by atoms with Crippen LogP contribution in [0.15, 0.2) is 18.2 Å². The standard InChI is InChI=1S/C16H14FN3O2S2/c1-22-7-9-12-10(17)3-2-4-11(12)23-13(9)14(21)18-16-20-19-15(24-16)8-5-6-8/h2-4,8H,5-7H2,1H3,(H,18,20,21). The summed E-state index contributed by atoms with van der Waals surface area (Å²) in [4.78, 5) is 13.1. The molecule has 1 N–H and O–H groups in total. The molecule has 0 spiro atoms. The molecule has 1 amide bonds. The van der Waals surface area contributed by atoms with E-state index < -0.39 is 0 Å². The van der Waals surface area contributed by atoms with Crippen molar-refractivity contribution in [1.82, 2.24) is 10.2 Å². The lowest BCUT2D eigenvalue weighted by molar-refractivity contribution is 0.102. The maximum Gasteiger partial charge on any atom is 0.267 e. The van der Waals surface area contributed by atoms with Gasteiger partial charge in [0.15, 0.2) is 0 Å². The van der Waals surface area contributed by atoms with Gasteiger partial charge in [-0.15, -0.1) is 21.5 Å². The number of fused-ring (bicyclic) bond motifs is 1. The van der Waals surface area contributed by atoms with Gasteiger partial charge in [-0.25, -0.2) is 4.39 Å². The maximum absolute atomic E-state index is 14.2. The molecule has 124 valence electrons.